The van der Waals surface area contributed by atoms with Crippen LogP contribution < -0.4 is 10.6 Å². The number of hydrogen-bond acceptors (Lipinski definition) is 3. The number of anilines is 1. The van der Waals surface area contributed by atoms with Gasteiger partial charge >= 0.3 is 5.97 Å². The standard InChI is InChI=1S/C14H18N2O3/c1-2-9-15-10-13(17)16-12-6-4-3-5-11(12)7-8-14(18)19/h2-6,15H,1,7-10H2,(H,16,17)(H,18,19). The zero-order chi connectivity index (χ0) is 14.1. The molecular formula is C14H18N2O3. The second kappa shape index (κ2) is 8.05. The van der Waals surface area contributed by atoms with E-state index in [9.17, 15) is 9.59 Å². The fraction of sp³-hybridized carbons (Fsp3) is 0.286. The number of carbonyl (C=O) groups excluding carboxylic acids is 1. The number of benzene rings is 1. The summed E-state index contributed by atoms with van der Waals surface area (Å²) in [5, 5.41) is 14.3. The normalized spacial score (nSPS) is 9.89. The number of amides is 1. The third kappa shape index (κ3) is 5.83. The van der Waals surface area contributed by atoms with Crippen LogP contribution in [0.1, 0.15) is 12.0 Å². The van der Waals surface area contributed by atoms with Crippen molar-refractivity contribution in [3.63, 3.8) is 0 Å². The van der Waals surface area contributed by atoms with Crippen molar-refractivity contribution in [3.8, 4) is 0 Å². The molecule has 0 saturated heterocycles. The minimum atomic E-state index is -0.853. The lowest BCUT2D eigenvalue weighted by atomic mass is 10.1. The molecule has 19 heavy (non-hydrogen) atoms. The Kier molecular flexibility index (Phi) is 6.32. The number of para-hydroxylation sites is 1. The lowest BCUT2D eigenvalue weighted by Crippen LogP contribution is -2.28. The maximum atomic E-state index is 11.7. The molecule has 5 nitrogen and oxygen atoms in total. The molecule has 102 valence electrons. The van der Waals surface area contributed by atoms with Crippen molar-refractivity contribution in [1.29, 1.82) is 0 Å². The average molecular weight is 262 g/mol. The monoisotopic (exact) mass is 262 g/mol. The molecule has 1 rings (SSSR count). The highest BCUT2D eigenvalue weighted by atomic mass is 16.4. The number of carbonyl (C=O) groups is 2. The Bertz CT molecular complexity index is 458. The number of carboxylic acid groups (broad SMARTS) is 1. The molecule has 0 aromatic heterocycles. The third-order valence-corrected chi connectivity index (χ3v) is 2.47. The minimum absolute atomic E-state index is 0.0433. The second-order valence-electron chi connectivity index (χ2n) is 4.02. The van der Waals surface area contributed by atoms with E-state index < -0.39 is 5.97 Å². The largest absolute Gasteiger partial charge is 0.481 e. The van der Waals surface area contributed by atoms with Crippen LogP contribution >= 0.6 is 0 Å². The van der Waals surface area contributed by atoms with Crippen LogP contribution in [0.15, 0.2) is 36.9 Å². The number of aliphatic carboxylic acids is 1. The molecule has 0 fully saturated rings. The first-order valence-corrected chi connectivity index (χ1v) is 6.04. The highest BCUT2D eigenvalue weighted by molar-refractivity contribution is 5.93. The summed E-state index contributed by atoms with van der Waals surface area (Å²) >= 11 is 0. The zero-order valence-corrected chi connectivity index (χ0v) is 10.7. The van der Waals surface area contributed by atoms with Crippen LogP contribution in [0.3, 0.4) is 0 Å². The van der Waals surface area contributed by atoms with E-state index in [1.54, 1.807) is 18.2 Å². The van der Waals surface area contributed by atoms with Gasteiger partial charge in [-0.05, 0) is 18.1 Å². The van der Waals surface area contributed by atoms with E-state index in [4.69, 9.17) is 5.11 Å². The molecule has 0 atom stereocenters. The van der Waals surface area contributed by atoms with Gasteiger partial charge in [-0.15, -0.1) is 6.58 Å². The topological polar surface area (TPSA) is 78.4 Å². The predicted molar refractivity (Wildman–Crippen MR) is 74.1 cm³/mol. The van der Waals surface area contributed by atoms with Gasteiger partial charge in [-0.25, -0.2) is 0 Å². The summed E-state index contributed by atoms with van der Waals surface area (Å²) < 4.78 is 0. The van der Waals surface area contributed by atoms with Crippen LogP contribution in [0.25, 0.3) is 0 Å². The molecule has 0 saturated carbocycles. The Labute approximate surface area is 112 Å². The molecule has 1 aromatic rings. The van der Waals surface area contributed by atoms with E-state index >= 15 is 0 Å². The van der Waals surface area contributed by atoms with Gasteiger partial charge in [0.05, 0.1) is 6.54 Å². The summed E-state index contributed by atoms with van der Waals surface area (Å²) in [6, 6.07) is 7.21. The van der Waals surface area contributed by atoms with Gasteiger partial charge < -0.3 is 15.7 Å². The van der Waals surface area contributed by atoms with Gasteiger partial charge in [0, 0.05) is 18.7 Å². The Morgan fingerprint density at radius 2 is 2.05 bits per heavy atom. The molecule has 3 N–H and O–H groups in total. The summed E-state index contributed by atoms with van der Waals surface area (Å²) in [7, 11) is 0. The quantitative estimate of drug-likeness (QED) is 0.489. The van der Waals surface area contributed by atoms with Crippen LogP contribution in [-0.4, -0.2) is 30.1 Å². The van der Waals surface area contributed by atoms with Gasteiger partial charge in [0.1, 0.15) is 0 Å². The third-order valence-electron chi connectivity index (χ3n) is 2.47. The molecule has 1 amide bonds. The highest BCUT2D eigenvalue weighted by Crippen LogP contribution is 2.16. The van der Waals surface area contributed by atoms with Crippen molar-refractivity contribution in [3.05, 3.63) is 42.5 Å². The van der Waals surface area contributed by atoms with Crippen molar-refractivity contribution >= 4 is 17.6 Å². The molecule has 0 aliphatic heterocycles. The number of aryl methyl sites for hydroxylation is 1. The number of hydrogen-bond donors (Lipinski definition) is 3. The summed E-state index contributed by atoms with van der Waals surface area (Å²) in [4.78, 5) is 22.2. The Hall–Kier alpha value is -2.14. The molecule has 1 aromatic carbocycles. The lowest BCUT2D eigenvalue weighted by Gasteiger charge is -2.10. The van der Waals surface area contributed by atoms with E-state index in [0.717, 1.165) is 5.56 Å². The molecule has 0 bridgehead atoms. The maximum Gasteiger partial charge on any atom is 0.303 e. The van der Waals surface area contributed by atoms with E-state index in [0.29, 0.717) is 18.7 Å². The van der Waals surface area contributed by atoms with Crippen LogP contribution in [0.2, 0.25) is 0 Å². The van der Waals surface area contributed by atoms with Gasteiger partial charge in [-0.2, -0.15) is 0 Å². The maximum absolute atomic E-state index is 11.7. The SMILES string of the molecule is C=CCNCC(=O)Nc1ccccc1CCC(=O)O. The molecule has 0 aliphatic rings. The molecular weight excluding hydrogens is 244 g/mol. The number of carboxylic acids is 1. The van der Waals surface area contributed by atoms with Crippen molar-refractivity contribution in [2.24, 2.45) is 0 Å². The van der Waals surface area contributed by atoms with Crippen molar-refractivity contribution < 1.29 is 14.7 Å². The minimum Gasteiger partial charge on any atom is -0.481 e. The first-order valence-electron chi connectivity index (χ1n) is 6.04. The van der Waals surface area contributed by atoms with Crippen LogP contribution in [0.5, 0.6) is 0 Å². The van der Waals surface area contributed by atoms with Crippen LogP contribution in [0, 0.1) is 0 Å². The number of rotatable bonds is 8. The molecule has 5 heteroatoms. The van der Waals surface area contributed by atoms with Gasteiger partial charge in [0.2, 0.25) is 5.91 Å². The summed E-state index contributed by atoms with van der Waals surface area (Å²) in [6.07, 6.45) is 2.11. The second-order valence-corrected chi connectivity index (χ2v) is 4.02. The molecule has 0 spiro atoms. The van der Waals surface area contributed by atoms with Gasteiger partial charge in [0.25, 0.3) is 0 Å². The Balaban J connectivity index is 2.58. The summed E-state index contributed by atoms with van der Waals surface area (Å²) in [6.45, 7) is 4.30. The van der Waals surface area contributed by atoms with Crippen molar-refractivity contribution in [2.45, 2.75) is 12.8 Å². The van der Waals surface area contributed by atoms with E-state index in [-0.39, 0.29) is 18.9 Å². The average Bonchev–Trinajstić information content (AvgIpc) is 2.38. The van der Waals surface area contributed by atoms with E-state index in [1.807, 2.05) is 12.1 Å². The van der Waals surface area contributed by atoms with Crippen molar-refractivity contribution in [1.82, 2.24) is 5.32 Å². The van der Waals surface area contributed by atoms with Crippen molar-refractivity contribution in [2.75, 3.05) is 18.4 Å². The van der Waals surface area contributed by atoms with Gasteiger partial charge in [-0.3, -0.25) is 9.59 Å². The van der Waals surface area contributed by atoms with E-state index in [2.05, 4.69) is 17.2 Å². The van der Waals surface area contributed by atoms with Crippen LogP contribution in [0.4, 0.5) is 5.69 Å². The van der Waals surface area contributed by atoms with Gasteiger partial charge in [-0.1, -0.05) is 24.3 Å². The fourth-order valence-corrected chi connectivity index (χ4v) is 1.58. The Morgan fingerprint density at radius 3 is 2.74 bits per heavy atom. The van der Waals surface area contributed by atoms with E-state index in [1.165, 1.54) is 0 Å². The summed E-state index contributed by atoms with van der Waals surface area (Å²) in [5.74, 6) is -1.02. The first-order chi connectivity index (χ1) is 9.13. The Morgan fingerprint density at radius 1 is 1.32 bits per heavy atom. The summed E-state index contributed by atoms with van der Waals surface area (Å²) in [5.41, 5.74) is 1.48. The fourth-order valence-electron chi connectivity index (χ4n) is 1.58. The predicted octanol–water partition coefficient (Wildman–Crippen LogP) is 1.42. The molecule has 0 heterocycles. The lowest BCUT2D eigenvalue weighted by molar-refractivity contribution is -0.136. The molecule has 0 aliphatic carbocycles. The molecule has 0 unspecified atom stereocenters. The van der Waals surface area contributed by atoms with Gasteiger partial charge in [0.15, 0.2) is 0 Å². The highest BCUT2D eigenvalue weighted by Gasteiger charge is 2.07. The first kappa shape index (κ1) is 14.9. The zero-order valence-electron chi connectivity index (χ0n) is 10.7. The van der Waals surface area contributed by atoms with Crippen LogP contribution in [-0.2, 0) is 16.0 Å². The number of nitrogens with one attached hydrogen (secondary N) is 2. The smallest absolute Gasteiger partial charge is 0.303 e. The molecule has 0 radical (unpaired) electrons.